The van der Waals surface area contributed by atoms with Crippen molar-refractivity contribution in [2.45, 2.75) is 13.3 Å². The van der Waals surface area contributed by atoms with Crippen molar-refractivity contribution in [1.29, 1.82) is 0 Å². The molecule has 0 aliphatic heterocycles. The first-order chi connectivity index (χ1) is 8.18. The van der Waals surface area contributed by atoms with Gasteiger partial charge in [0.05, 0.1) is 6.42 Å². The molecular formula is C14H12BrNO. The molecule has 0 spiro atoms. The zero-order chi connectivity index (χ0) is 12.3. The number of Topliss-reactive ketones (excluding diaryl/α,β-unsaturated/α-hetero) is 1. The molecule has 0 N–H and O–H groups in total. The van der Waals surface area contributed by atoms with Gasteiger partial charge >= 0.3 is 0 Å². The highest BCUT2D eigenvalue weighted by molar-refractivity contribution is 9.10. The SMILES string of the molecule is Cc1c(Br)cccc1C(=O)Cc1ccccn1. The van der Waals surface area contributed by atoms with Gasteiger partial charge in [-0.2, -0.15) is 0 Å². The number of hydrogen-bond donors (Lipinski definition) is 0. The van der Waals surface area contributed by atoms with Crippen LogP contribution in [0.4, 0.5) is 0 Å². The van der Waals surface area contributed by atoms with Crippen molar-refractivity contribution < 1.29 is 4.79 Å². The van der Waals surface area contributed by atoms with Crippen molar-refractivity contribution in [3.63, 3.8) is 0 Å². The van der Waals surface area contributed by atoms with E-state index < -0.39 is 0 Å². The maximum atomic E-state index is 12.1. The van der Waals surface area contributed by atoms with E-state index in [4.69, 9.17) is 0 Å². The number of ketones is 1. The number of pyridine rings is 1. The van der Waals surface area contributed by atoms with Crippen LogP contribution in [0.3, 0.4) is 0 Å². The Hall–Kier alpha value is -1.48. The van der Waals surface area contributed by atoms with E-state index in [2.05, 4.69) is 20.9 Å². The van der Waals surface area contributed by atoms with Gasteiger partial charge in [-0.15, -0.1) is 0 Å². The molecule has 0 bridgehead atoms. The molecule has 0 fully saturated rings. The van der Waals surface area contributed by atoms with E-state index in [1.54, 1.807) is 6.20 Å². The Morgan fingerprint density at radius 2 is 2.06 bits per heavy atom. The smallest absolute Gasteiger partial charge is 0.169 e. The van der Waals surface area contributed by atoms with Crippen molar-refractivity contribution in [1.82, 2.24) is 4.98 Å². The fourth-order valence-electron chi connectivity index (χ4n) is 1.67. The molecule has 2 rings (SSSR count). The molecule has 0 amide bonds. The highest BCUT2D eigenvalue weighted by Crippen LogP contribution is 2.20. The third-order valence-corrected chi connectivity index (χ3v) is 3.50. The van der Waals surface area contributed by atoms with Crippen LogP contribution in [0.15, 0.2) is 47.1 Å². The summed E-state index contributed by atoms with van der Waals surface area (Å²) in [6.07, 6.45) is 2.05. The van der Waals surface area contributed by atoms with Gasteiger partial charge in [-0.3, -0.25) is 9.78 Å². The molecule has 1 heterocycles. The highest BCUT2D eigenvalue weighted by atomic mass is 79.9. The molecule has 86 valence electrons. The first-order valence-electron chi connectivity index (χ1n) is 5.36. The largest absolute Gasteiger partial charge is 0.294 e. The van der Waals surface area contributed by atoms with E-state index >= 15 is 0 Å². The Balaban J connectivity index is 2.24. The summed E-state index contributed by atoms with van der Waals surface area (Å²) in [4.78, 5) is 16.3. The van der Waals surface area contributed by atoms with Crippen molar-refractivity contribution in [2.24, 2.45) is 0 Å². The maximum Gasteiger partial charge on any atom is 0.169 e. The van der Waals surface area contributed by atoms with Crippen LogP contribution in [0.5, 0.6) is 0 Å². The van der Waals surface area contributed by atoms with Crippen LogP contribution in [0.1, 0.15) is 21.6 Å². The van der Waals surface area contributed by atoms with E-state index in [-0.39, 0.29) is 5.78 Å². The summed E-state index contributed by atoms with van der Waals surface area (Å²) in [6, 6.07) is 11.3. The van der Waals surface area contributed by atoms with Crippen molar-refractivity contribution in [3.05, 3.63) is 63.9 Å². The number of aromatic nitrogens is 1. The van der Waals surface area contributed by atoms with Crippen LogP contribution in [0, 0.1) is 6.92 Å². The lowest BCUT2D eigenvalue weighted by Crippen LogP contribution is -2.07. The van der Waals surface area contributed by atoms with Crippen molar-refractivity contribution >= 4 is 21.7 Å². The van der Waals surface area contributed by atoms with E-state index in [9.17, 15) is 4.79 Å². The lowest BCUT2D eigenvalue weighted by atomic mass is 10.0. The molecule has 0 aliphatic carbocycles. The van der Waals surface area contributed by atoms with E-state index in [0.29, 0.717) is 6.42 Å². The fraction of sp³-hybridized carbons (Fsp3) is 0.143. The van der Waals surface area contributed by atoms with Gasteiger partial charge in [0.15, 0.2) is 5.78 Å². The van der Waals surface area contributed by atoms with Crippen LogP contribution in [0.2, 0.25) is 0 Å². The van der Waals surface area contributed by atoms with Gasteiger partial charge in [0, 0.05) is 21.9 Å². The third-order valence-electron chi connectivity index (χ3n) is 2.64. The molecule has 0 saturated carbocycles. The summed E-state index contributed by atoms with van der Waals surface area (Å²) in [5.74, 6) is 0.0995. The molecule has 2 nitrogen and oxygen atoms in total. The van der Waals surface area contributed by atoms with Gasteiger partial charge < -0.3 is 0 Å². The van der Waals surface area contributed by atoms with Gasteiger partial charge in [0.25, 0.3) is 0 Å². The second-order valence-electron chi connectivity index (χ2n) is 3.83. The number of halogens is 1. The molecule has 2 aromatic rings. The van der Waals surface area contributed by atoms with Crippen LogP contribution in [-0.2, 0) is 6.42 Å². The molecule has 17 heavy (non-hydrogen) atoms. The maximum absolute atomic E-state index is 12.1. The molecule has 3 heteroatoms. The van der Waals surface area contributed by atoms with Crippen LogP contribution in [-0.4, -0.2) is 10.8 Å². The summed E-state index contributed by atoms with van der Waals surface area (Å²) < 4.78 is 0.962. The Labute approximate surface area is 109 Å². The van der Waals surface area contributed by atoms with Gasteiger partial charge in [-0.25, -0.2) is 0 Å². The minimum Gasteiger partial charge on any atom is -0.294 e. The number of carbonyl (C=O) groups excluding carboxylic acids is 1. The van der Waals surface area contributed by atoms with Gasteiger partial charge in [0.1, 0.15) is 0 Å². The number of benzene rings is 1. The first-order valence-corrected chi connectivity index (χ1v) is 6.16. The van der Waals surface area contributed by atoms with Crippen molar-refractivity contribution in [2.75, 3.05) is 0 Å². The molecule has 1 aromatic carbocycles. The number of rotatable bonds is 3. The number of carbonyl (C=O) groups is 1. The van der Waals surface area contributed by atoms with Gasteiger partial charge in [-0.05, 0) is 30.7 Å². The topological polar surface area (TPSA) is 30.0 Å². The molecular weight excluding hydrogens is 278 g/mol. The Kier molecular flexibility index (Phi) is 3.69. The average molecular weight is 290 g/mol. The molecule has 0 radical (unpaired) electrons. The lowest BCUT2D eigenvalue weighted by molar-refractivity contribution is 0.0991. The molecule has 0 unspecified atom stereocenters. The van der Waals surface area contributed by atoms with E-state index in [1.165, 1.54) is 0 Å². The minimum atomic E-state index is 0.0995. The predicted octanol–water partition coefficient (Wildman–Crippen LogP) is 3.58. The summed E-state index contributed by atoms with van der Waals surface area (Å²) in [5, 5.41) is 0. The predicted molar refractivity (Wildman–Crippen MR) is 71.2 cm³/mol. The summed E-state index contributed by atoms with van der Waals surface area (Å²) in [5.41, 5.74) is 2.54. The average Bonchev–Trinajstić information content (AvgIpc) is 2.34. The molecule has 0 atom stereocenters. The molecule has 0 aliphatic rings. The summed E-state index contributed by atoms with van der Waals surface area (Å²) in [7, 11) is 0. The minimum absolute atomic E-state index is 0.0995. The van der Waals surface area contributed by atoms with Crippen molar-refractivity contribution in [3.8, 4) is 0 Å². The first kappa shape index (κ1) is 12.0. The quantitative estimate of drug-likeness (QED) is 0.809. The zero-order valence-corrected chi connectivity index (χ0v) is 11.1. The van der Waals surface area contributed by atoms with E-state index in [1.807, 2.05) is 43.3 Å². The molecule has 0 saturated heterocycles. The zero-order valence-electron chi connectivity index (χ0n) is 9.48. The van der Waals surface area contributed by atoms with E-state index in [0.717, 1.165) is 21.3 Å². The number of hydrogen-bond acceptors (Lipinski definition) is 2. The second-order valence-corrected chi connectivity index (χ2v) is 4.69. The van der Waals surface area contributed by atoms with Crippen LogP contribution >= 0.6 is 15.9 Å². The van der Waals surface area contributed by atoms with Crippen LogP contribution < -0.4 is 0 Å². The summed E-state index contributed by atoms with van der Waals surface area (Å²) in [6.45, 7) is 1.94. The summed E-state index contributed by atoms with van der Waals surface area (Å²) >= 11 is 3.43. The monoisotopic (exact) mass is 289 g/mol. The standard InChI is InChI=1S/C14H12BrNO/c1-10-12(6-4-7-13(10)15)14(17)9-11-5-2-3-8-16-11/h2-8H,9H2,1H3. The third kappa shape index (κ3) is 2.80. The van der Waals surface area contributed by atoms with Crippen LogP contribution in [0.25, 0.3) is 0 Å². The normalized spacial score (nSPS) is 10.2. The van der Waals surface area contributed by atoms with Gasteiger partial charge in [0.2, 0.25) is 0 Å². The molecule has 1 aromatic heterocycles. The fourth-order valence-corrected chi connectivity index (χ4v) is 2.04. The Morgan fingerprint density at radius 3 is 2.76 bits per heavy atom. The van der Waals surface area contributed by atoms with Gasteiger partial charge in [-0.1, -0.05) is 34.1 Å². The Morgan fingerprint density at radius 1 is 1.24 bits per heavy atom. The Bertz CT molecular complexity index is 537. The number of nitrogens with zero attached hydrogens (tertiary/aromatic N) is 1. The second kappa shape index (κ2) is 5.23. The highest BCUT2D eigenvalue weighted by Gasteiger charge is 2.11. The lowest BCUT2D eigenvalue weighted by Gasteiger charge is -2.06.